The fourth-order valence-electron chi connectivity index (χ4n) is 1.87. The van der Waals surface area contributed by atoms with Gasteiger partial charge in [-0.15, -0.1) is 0 Å². The summed E-state index contributed by atoms with van der Waals surface area (Å²) in [4.78, 5) is 22.2. The SMILES string of the molecule is Cc1c(Cl)cccc1NCC(=O)c1cccc([N+](=O)[O-])c1. The van der Waals surface area contributed by atoms with Crippen LogP contribution in [0.2, 0.25) is 5.02 Å². The summed E-state index contributed by atoms with van der Waals surface area (Å²) in [5, 5.41) is 14.3. The second-order valence-electron chi connectivity index (χ2n) is 4.50. The van der Waals surface area contributed by atoms with Crippen molar-refractivity contribution in [2.45, 2.75) is 6.92 Å². The monoisotopic (exact) mass is 304 g/mol. The lowest BCUT2D eigenvalue weighted by Gasteiger charge is -2.10. The molecule has 2 rings (SSSR count). The lowest BCUT2D eigenvalue weighted by Crippen LogP contribution is -2.14. The molecular formula is C15H13ClN2O3. The number of nitrogens with zero attached hydrogens (tertiary/aromatic N) is 1. The maximum atomic E-state index is 12.1. The van der Waals surface area contributed by atoms with Crippen LogP contribution in [-0.4, -0.2) is 17.3 Å². The first-order valence-corrected chi connectivity index (χ1v) is 6.63. The Balaban J connectivity index is 2.10. The van der Waals surface area contributed by atoms with E-state index in [2.05, 4.69) is 5.32 Å². The van der Waals surface area contributed by atoms with E-state index in [1.165, 1.54) is 18.2 Å². The Morgan fingerprint density at radius 2 is 2.00 bits per heavy atom. The zero-order valence-electron chi connectivity index (χ0n) is 11.3. The molecule has 0 saturated carbocycles. The van der Waals surface area contributed by atoms with E-state index in [1.54, 1.807) is 18.2 Å². The molecule has 0 unspecified atom stereocenters. The maximum absolute atomic E-state index is 12.1. The molecule has 0 heterocycles. The topological polar surface area (TPSA) is 72.2 Å². The van der Waals surface area contributed by atoms with Crippen molar-refractivity contribution < 1.29 is 9.72 Å². The second-order valence-corrected chi connectivity index (χ2v) is 4.90. The van der Waals surface area contributed by atoms with Crippen molar-refractivity contribution in [3.63, 3.8) is 0 Å². The molecular weight excluding hydrogens is 292 g/mol. The number of carbonyl (C=O) groups excluding carboxylic acids is 1. The Kier molecular flexibility index (Phi) is 4.55. The van der Waals surface area contributed by atoms with E-state index in [1.807, 2.05) is 13.0 Å². The molecule has 0 saturated heterocycles. The quantitative estimate of drug-likeness (QED) is 0.517. The number of carbonyl (C=O) groups is 1. The van der Waals surface area contributed by atoms with Crippen LogP contribution in [0, 0.1) is 17.0 Å². The van der Waals surface area contributed by atoms with Crippen molar-refractivity contribution in [2.75, 3.05) is 11.9 Å². The third-order valence-electron chi connectivity index (χ3n) is 3.09. The highest BCUT2D eigenvalue weighted by molar-refractivity contribution is 6.31. The first-order valence-electron chi connectivity index (χ1n) is 6.25. The Bertz CT molecular complexity index is 701. The summed E-state index contributed by atoms with van der Waals surface area (Å²) < 4.78 is 0. The summed E-state index contributed by atoms with van der Waals surface area (Å²) in [6, 6.07) is 11.1. The third kappa shape index (κ3) is 3.58. The van der Waals surface area contributed by atoms with Crippen LogP contribution in [0.3, 0.4) is 0 Å². The summed E-state index contributed by atoms with van der Waals surface area (Å²) in [5.41, 5.74) is 1.82. The summed E-state index contributed by atoms with van der Waals surface area (Å²) in [6.45, 7) is 1.89. The standard InChI is InChI=1S/C15H13ClN2O3/c1-10-13(16)6-3-7-14(10)17-9-15(19)11-4-2-5-12(8-11)18(20)21/h2-8,17H,9H2,1H3. The van der Waals surface area contributed by atoms with Gasteiger partial charge in [0.2, 0.25) is 0 Å². The fourth-order valence-corrected chi connectivity index (χ4v) is 2.04. The summed E-state index contributed by atoms with van der Waals surface area (Å²) in [5.74, 6) is -0.224. The van der Waals surface area contributed by atoms with Crippen LogP contribution >= 0.6 is 11.6 Å². The van der Waals surface area contributed by atoms with Crippen LogP contribution in [0.1, 0.15) is 15.9 Å². The summed E-state index contributed by atoms with van der Waals surface area (Å²) in [7, 11) is 0. The molecule has 0 fully saturated rings. The van der Waals surface area contributed by atoms with Crippen molar-refractivity contribution in [3.05, 3.63) is 68.7 Å². The van der Waals surface area contributed by atoms with Crippen molar-refractivity contribution in [2.24, 2.45) is 0 Å². The molecule has 0 amide bonds. The highest BCUT2D eigenvalue weighted by Gasteiger charge is 2.12. The molecule has 0 radical (unpaired) electrons. The van der Waals surface area contributed by atoms with Crippen LogP contribution in [0.15, 0.2) is 42.5 Å². The van der Waals surface area contributed by atoms with E-state index < -0.39 is 4.92 Å². The first-order chi connectivity index (χ1) is 9.99. The number of hydrogen-bond acceptors (Lipinski definition) is 4. The predicted molar refractivity (Wildman–Crippen MR) is 82.1 cm³/mol. The molecule has 0 aromatic heterocycles. The average Bonchev–Trinajstić information content (AvgIpc) is 2.48. The Morgan fingerprint density at radius 1 is 1.29 bits per heavy atom. The number of hydrogen-bond donors (Lipinski definition) is 1. The molecule has 0 aliphatic carbocycles. The number of non-ortho nitro benzene ring substituents is 1. The van der Waals surface area contributed by atoms with Crippen LogP contribution in [-0.2, 0) is 0 Å². The summed E-state index contributed by atoms with van der Waals surface area (Å²) in [6.07, 6.45) is 0. The van der Waals surface area contributed by atoms with Gasteiger partial charge in [-0.05, 0) is 24.6 Å². The molecule has 21 heavy (non-hydrogen) atoms. The predicted octanol–water partition coefficient (Wildman–Crippen LogP) is 3.85. The molecule has 2 aromatic carbocycles. The molecule has 6 heteroatoms. The molecule has 0 spiro atoms. The van der Waals surface area contributed by atoms with E-state index in [-0.39, 0.29) is 18.0 Å². The van der Waals surface area contributed by atoms with Gasteiger partial charge in [-0.25, -0.2) is 0 Å². The van der Waals surface area contributed by atoms with Gasteiger partial charge in [-0.2, -0.15) is 0 Å². The van der Waals surface area contributed by atoms with Gasteiger partial charge in [0.05, 0.1) is 11.5 Å². The number of nitrogens with one attached hydrogen (secondary N) is 1. The normalized spacial score (nSPS) is 10.2. The molecule has 2 aromatic rings. The van der Waals surface area contributed by atoms with Crippen molar-refractivity contribution >= 4 is 28.8 Å². The zero-order valence-corrected chi connectivity index (χ0v) is 12.1. The second kappa shape index (κ2) is 6.37. The molecule has 0 aliphatic heterocycles. The number of rotatable bonds is 5. The minimum atomic E-state index is -0.522. The van der Waals surface area contributed by atoms with Crippen LogP contribution in [0.4, 0.5) is 11.4 Å². The van der Waals surface area contributed by atoms with E-state index >= 15 is 0 Å². The van der Waals surface area contributed by atoms with E-state index in [9.17, 15) is 14.9 Å². The van der Waals surface area contributed by atoms with Gasteiger partial charge in [-0.1, -0.05) is 29.8 Å². The molecule has 1 N–H and O–H groups in total. The molecule has 0 atom stereocenters. The number of ketones is 1. The van der Waals surface area contributed by atoms with Gasteiger partial charge in [-0.3, -0.25) is 14.9 Å². The van der Waals surface area contributed by atoms with Crippen LogP contribution < -0.4 is 5.32 Å². The molecule has 5 nitrogen and oxygen atoms in total. The van der Waals surface area contributed by atoms with Crippen LogP contribution in [0.5, 0.6) is 0 Å². The van der Waals surface area contributed by atoms with Gasteiger partial charge in [0, 0.05) is 28.4 Å². The van der Waals surface area contributed by atoms with Gasteiger partial charge >= 0.3 is 0 Å². The van der Waals surface area contributed by atoms with Crippen molar-refractivity contribution in [1.29, 1.82) is 0 Å². The van der Waals surface area contributed by atoms with E-state index in [4.69, 9.17) is 11.6 Å². The number of halogens is 1. The lowest BCUT2D eigenvalue weighted by atomic mass is 10.1. The largest absolute Gasteiger partial charge is 0.377 e. The average molecular weight is 305 g/mol. The van der Waals surface area contributed by atoms with Gasteiger partial charge in [0.15, 0.2) is 5.78 Å². The molecule has 108 valence electrons. The van der Waals surface area contributed by atoms with Crippen LogP contribution in [0.25, 0.3) is 0 Å². The lowest BCUT2D eigenvalue weighted by molar-refractivity contribution is -0.384. The Morgan fingerprint density at radius 3 is 2.71 bits per heavy atom. The summed E-state index contributed by atoms with van der Waals surface area (Å²) >= 11 is 6.00. The number of Topliss-reactive ketones (excluding diaryl/α,β-unsaturated/α-hetero) is 1. The van der Waals surface area contributed by atoms with Gasteiger partial charge < -0.3 is 5.32 Å². The first kappa shape index (κ1) is 15.0. The number of nitro benzene ring substituents is 1. The number of nitro groups is 1. The van der Waals surface area contributed by atoms with E-state index in [0.29, 0.717) is 10.6 Å². The smallest absolute Gasteiger partial charge is 0.270 e. The highest BCUT2D eigenvalue weighted by Crippen LogP contribution is 2.23. The Hall–Kier alpha value is -2.40. The van der Waals surface area contributed by atoms with E-state index in [0.717, 1.165) is 11.3 Å². The third-order valence-corrected chi connectivity index (χ3v) is 3.50. The zero-order chi connectivity index (χ0) is 15.4. The van der Waals surface area contributed by atoms with Gasteiger partial charge in [0.1, 0.15) is 0 Å². The molecule has 0 bridgehead atoms. The minimum Gasteiger partial charge on any atom is -0.377 e. The maximum Gasteiger partial charge on any atom is 0.270 e. The molecule has 0 aliphatic rings. The van der Waals surface area contributed by atoms with Crippen molar-refractivity contribution in [1.82, 2.24) is 0 Å². The van der Waals surface area contributed by atoms with Crippen molar-refractivity contribution in [3.8, 4) is 0 Å². The Labute approximate surface area is 126 Å². The highest BCUT2D eigenvalue weighted by atomic mass is 35.5. The number of anilines is 1. The van der Waals surface area contributed by atoms with Gasteiger partial charge in [0.25, 0.3) is 5.69 Å². The number of benzene rings is 2. The fraction of sp³-hybridized carbons (Fsp3) is 0.133. The minimum absolute atomic E-state index is 0.0440.